The Balaban J connectivity index is 1.82. The lowest BCUT2D eigenvalue weighted by Crippen LogP contribution is -2.15. The van der Waals surface area contributed by atoms with Gasteiger partial charge in [0.15, 0.2) is 5.16 Å². The summed E-state index contributed by atoms with van der Waals surface area (Å²) < 4.78 is 39.1. The lowest BCUT2D eigenvalue weighted by molar-refractivity contribution is -0.141. The Morgan fingerprint density at radius 3 is 2.83 bits per heavy atom. The van der Waals surface area contributed by atoms with Gasteiger partial charge < -0.3 is 0 Å². The molecule has 11 heteroatoms. The summed E-state index contributed by atoms with van der Waals surface area (Å²) >= 11 is 2.29. The Labute approximate surface area is 141 Å². The third kappa shape index (κ3) is 3.56. The van der Waals surface area contributed by atoms with Gasteiger partial charge in [0, 0.05) is 18.0 Å². The van der Waals surface area contributed by atoms with Crippen molar-refractivity contribution in [2.45, 2.75) is 30.4 Å². The minimum absolute atomic E-state index is 0.0228. The van der Waals surface area contributed by atoms with E-state index in [0.29, 0.717) is 17.1 Å². The molecule has 0 aliphatic heterocycles. The van der Waals surface area contributed by atoms with Crippen LogP contribution < -0.4 is 5.56 Å². The van der Waals surface area contributed by atoms with Crippen LogP contribution in [0.1, 0.15) is 23.3 Å². The second-order valence-electron chi connectivity index (χ2n) is 4.64. The third-order valence-electron chi connectivity index (χ3n) is 2.92. The van der Waals surface area contributed by atoms with Crippen LogP contribution in [-0.4, -0.2) is 24.6 Å². The first-order valence-electron chi connectivity index (χ1n) is 6.78. The number of hydrogen-bond donors (Lipinski definition) is 0. The van der Waals surface area contributed by atoms with E-state index in [4.69, 9.17) is 0 Å². The highest BCUT2D eigenvalue weighted by atomic mass is 32.2. The number of thioether (sulfide) groups is 1. The second kappa shape index (κ2) is 6.48. The predicted octanol–water partition coefficient (Wildman–Crippen LogP) is 2.81. The van der Waals surface area contributed by atoms with Gasteiger partial charge in [0.2, 0.25) is 4.96 Å². The molecule has 3 rings (SSSR count). The lowest BCUT2D eigenvalue weighted by Gasteiger charge is -2.06. The molecule has 0 saturated carbocycles. The Bertz CT molecular complexity index is 937. The topological polar surface area (TPSA) is 73.0 Å². The molecular weight excluding hydrogens is 363 g/mol. The van der Waals surface area contributed by atoms with Gasteiger partial charge >= 0.3 is 6.18 Å². The minimum atomic E-state index is -4.52. The Kier molecular flexibility index (Phi) is 4.54. The Morgan fingerprint density at radius 2 is 2.12 bits per heavy atom. The van der Waals surface area contributed by atoms with Crippen LogP contribution in [0.3, 0.4) is 0 Å². The van der Waals surface area contributed by atoms with E-state index < -0.39 is 11.9 Å². The first-order chi connectivity index (χ1) is 11.4. The van der Waals surface area contributed by atoms with E-state index in [1.165, 1.54) is 21.9 Å². The molecule has 6 nitrogen and oxygen atoms in total. The highest BCUT2D eigenvalue weighted by Crippen LogP contribution is 2.28. The van der Waals surface area contributed by atoms with Crippen LogP contribution in [0.2, 0.25) is 0 Å². The zero-order valence-electron chi connectivity index (χ0n) is 12.2. The number of nitrogens with zero attached hydrogens (tertiary/aromatic N) is 5. The zero-order valence-corrected chi connectivity index (χ0v) is 13.9. The number of alkyl halides is 3. The third-order valence-corrected chi connectivity index (χ3v) is 4.86. The molecule has 3 aromatic heterocycles. The second-order valence-corrected chi connectivity index (χ2v) is 6.62. The Hall–Kier alpha value is -2.01. The van der Waals surface area contributed by atoms with E-state index in [-0.39, 0.29) is 16.5 Å². The van der Waals surface area contributed by atoms with Crippen molar-refractivity contribution in [2.75, 3.05) is 0 Å². The maximum absolute atomic E-state index is 12.6. The van der Waals surface area contributed by atoms with Gasteiger partial charge in [0.1, 0.15) is 10.7 Å². The van der Waals surface area contributed by atoms with E-state index in [1.54, 1.807) is 0 Å². The fourth-order valence-corrected chi connectivity index (χ4v) is 3.40. The van der Waals surface area contributed by atoms with Gasteiger partial charge in [0.05, 0.1) is 5.69 Å². The number of halogens is 3. The van der Waals surface area contributed by atoms with Crippen LogP contribution in [0.25, 0.3) is 4.96 Å². The molecule has 24 heavy (non-hydrogen) atoms. The van der Waals surface area contributed by atoms with E-state index in [0.717, 1.165) is 29.0 Å². The van der Waals surface area contributed by atoms with Crippen molar-refractivity contribution in [3.05, 3.63) is 45.1 Å². The molecular formula is C13H10F3N5OS2. The maximum Gasteiger partial charge on any atom is 0.433 e. The molecule has 0 radical (unpaired) electrons. The van der Waals surface area contributed by atoms with Crippen molar-refractivity contribution in [1.82, 2.24) is 24.6 Å². The van der Waals surface area contributed by atoms with Gasteiger partial charge in [-0.25, -0.2) is 15.0 Å². The SMILES string of the molecule is CCc1nn2c(=O)cc(CSc3nccc(C(F)(F)F)n3)nc2s1. The van der Waals surface area contributed by atoms with Crippen molar-refractivity contribution < 1.29 is 13.2 Å². The number of hydrogen-bond acceptors (Lipinski definition) is 7. The van der Waals surface area contributed by atoms with Crippen LogP contribution in [0, 0.1) is 0 Å². The van der Waals surface area contributed by atoms with Crippen LogP contribution in [-0.2, 0) is 18.3 Å². The summed E-state index contributed by atoms with van der Waals surface area (Å²) in [5.41, 5.74) is -0.882. The molecule has 3 heterocycles. The predicted molar refractivity (Wildman–Crippen MR) is 83.1 cm³/mol. The standard InChI is InChI=1S/C13H10F3N5OS2/c1-2-9-20-21-10(22)5-7(18-12(21)24-9)6-23-11-17-4-3-8(19-11)13(14,15)16/h3-5H,2,6H2,1H3. The van der Waals surface area contributed by atoms with Crippen LogP contribution in [0.15, 0.2) is 28.3 Å². The van der Waals surface area contributed by atoms with Crippen molar-refractivity contribution in [3.8, 4) is 0 Å². The quantitative estimate of drug-likeness (QED) is 0.517. The molecule has 3 aromatic rings. The number of rotatable bonds is 4. The van der Waals surface area contributed by atoms with Crippen molar-refractivity contribution in [3.63, 3.8) is 0 Å². The van der Waals surface area contributed by atoms with E-state index in [1.807, 2.05) is 6.92 Å². The summed E-state index contributed by atoms with van der Waals surface area (Å²) in [5, 5.41) is 4.89. The molecule has 126 valence electrons. The monoisotopic (exact) mass is 373 g/mol. The summed E-state index contributed by atoms with van der Waals surface area (Å²) in [6, 6.07) is 2.12. The van der Waals surface area contributed by atoms with Gasteiger partial charge in [-0.05, 0) is 12.5 Å². The molecule has 0 aliphatic rings. The fourth-order valence-electron chi connectivity index (χ4n) is 1.82. The molecule has 0 aromatic carbocycles. The van der Waals surface area contributed by atoms with Gasteiger partial charge in [-0.2, -0.15) is 22.8 Å². The van der Waals surface area contributed by atoms with Gasteiger partial charge in [-0.1, -0.05) is 30.0 Å². The highest BCUT2D eigenvalue weighted by Gasteiger charge is 2.32. The summed E-state index contributed by atoms with van der Waals surface area (Å²) in [6.45, 7) is 1.92. The molecule has 0 bridgehead atoms. The summed E-state index contributed by atoms with van der Waals surface area (Å²) in [6.07, 6.45) is -2.77. The first-order valence-corrected chi connectivity index (χ1v) is 8.58. The summed E-state index contributed by atoms with van der Waals surface area (Å²) in [7, 11) is 0. The van der Waals surface area contributed by atoms with Crippen molar-refractivity contribution in [1.29, 1.82) is 0 Å². The van der Waals surface area contributed by atoms with E-state index >= 15 is 0 Å². The molecule has 0 N–H and O–H groups in total. The first kappa shape index (κ1) is 16.8. The largest absolute Gasteiger partial charge is 0.433 e. The highest BCUT2D eigenvalue weighted by molar-refractivity contribution is 7.98. The fraction of sp³-hybridized carbons (Fsp3) is 0.308. The average molecular weight is 373 g/mol. The van der Waals surface area contributed by atoms with Crippen LogP contribution in [0.5, 0.6) is 0 Å². The number of fused-ring (bicyclic) bond motifs is 1. The maximum atomic E-state index is 12.6. The summed E-state index contributed by atoms with van der Waals surface area (Å²) in [5.74, 6) is 0.187. The van der Waals surface area contributed by atoms with Gasteiger partial charge in [-0.15, -0.1) is 0 Å². The minimum Gasteiger partial charge on any atom is -0.267 e. The van der Waals surface area contributed by atoms with Crippen LogP contribution in [0.4, 0.5) is 13.2 Å². The molecule has 0 spiro atoms. The van der Waals surface area contributed by atoms with Crippen molar-refractivity contribution >= 4 is 28.1 Å². The molecule has 0 fully saturated rings. The van der Waals surface area contributed by atoms with Crippen molar-refractivity contribution in [2.24, 2.45) is 0 Å². The molecule has 0 atom stereocenters. The van der Waals surface area contributed by atoms with Crippen LogP contribution >= 0.6 is 23.1 Å². The Morgan fingerprint density at radius 1 is 1.33 bits per heavy atom. The lowest BCUT2D eigenvalue weighted by atomic mass is 10.4. The molecule has 0 aliphatic carbocycles. The smallest absolute Gasteiger partial charge is 0.267 e. The summed E-state index contributed by atoms with van der Waals surface area (Å²) in [4.78, 5) is 24.0. The van der Waals surface area contributed by atoms with Gasteiger partial charge in [0.25, 0.3) is 5.56 Å². The van der Waals surface area contributed by atoms with E-state index in [9.17, 15) is 18.0 Å². The normalized spacial score (nSPS) is 12.0. The average Bonchev–Trinajstić information content (AvgIpc) is 2.96. The molecule has 0 amide bonds. The molecule has 0 saturated heterocycles. The van der Waals surface area contributed by atoms with E-state index in [2.05, 4.69) is 20.1 Å². The van der Waals surface area contributed by atoms with Gasteiger partial charge in [-0.3, -0.25) is 4.79 Å². The zero-order chi connectivity index (χ0) is 17.3. The number of aromatic nitrogens is 5. The number of aryl methyl sites for hydroxylation is 1. The molecule has 0 unspecified atom stereocenters.